The van der Waals surface area contributed by atoms with E-state index in [9.17, 15) is 10.2 Å². The lowest BCUT2D eigenvalue weighted by molar-refractivity contribution is -0.00193. The van der Waals surface area contributed by atoms with Crippen molar-refractivity contribution in [2.45, 2.75) is 44.8 Å². The zero-order chi connectivity index (χ0) is 15.0. The summed E-state index contributed by atoms with van der Waals surface area (Å²) in [6.07, 6.45) is 5.07. The van der Waals surface area contributed by atoms with Crippen LogP contribution >= 0.6 is 0 Å². The van der Waals surface area contributed by atoms with E-state index in [-0.39, 0.29) is 6.04 Å². The molecule has 114 valence electrons. The van der Waals surface area contributed by atoms with E-state index in [1.165, 1.54) is 0 Å². The van der Waals surface area contributed by atoms with Gasteiger partial charge < -0.3 is 15.2 Å². The van der Waals surface area contributed by atoms with Crippen molar-refractivity contribution in [1.82, 2.24) is 9.88 Å². The first-order chi connectivity index (χ1) is 9.97. The second-order valence-electron chi connectivity index (χ2n) is 6.61. The number of aliphatic hydroxyl groups is 1. The van der Waals surface area contributed by atoms with Crippen LogP contribution in [0.25, 0.3) is 10.9 Å². The Morgan fingerprint density at radius 3 is 2.95 bits per heavy atom. The number of phenols is 1. The summed E-state index contributed by atoms with van der Waals surface area (Å²) in [6, 6.07) is 5.79. The molecule has 4 heteroatoms. The molecule has 0 saturated carbocycles. The fourth-order valence-electron chi connectivity index (χ4n) is 3.59. The third-order valence-electron chi connectivity index (χ3n) is 4.61. The molecule has 0 amide bonds. The number of H-pyrrole nitrogens is 1. The minimum absolute atomic E-state index is 0.233. The van der Waals surface area contributed by atoms with E-state index < -0.39 is 5.60 Å². The van der Waals surface area contributed by atoms with Crippen molar-refractivity contribution < 1.29 is 10.2 Å². The van der Waals surface area contributed by atoms with Crippen molar-refractivity contribution in [3.8, 4) is 5.75 Å². The quantitative estimate of drug-likeness (QED) is 0.810. The maximum Gasteiger partial charge on any atom is 0.125 e. The molecule has 3 N–H and O–H groups in total. The summed E-state index contributed by atoms with van der Waals surface area (Å²) >= 11 is 0. The summed E-state index contributed by atoms with van der Waals surface area (Å²) in [5, 5.41) is 21.2. The molecule has 1 fully saturated rings. The van der Waals surface area contributed by atoms with Gasteiger partial charge in [-0.3, -0.25) is 4.90 Å². The Kier molecular flexibility index (Phi) is 3.68. The van der Waals surface area contributed by atoms with Gasteiger partial charge in [-0.15, -0.1) is 0 Å². The molecule has 1 aromatic carbocycles. The van der Waals surface area contributed by atoms with Gasteiger partial charge in [-0.1, -0.05) is 6.07 Å². The largest absolute Gasteiger partial charge is 0.507 e. The van der Waals surface area contributed by atoms with Gasteiger partial charge in [0, 0.05) is 29.7 Å². The van der Waals surface area contributed by atoms with Crippen LogP contribution in [0, 0.1) is 0 Å². The van der Waals surface area contributed by atoms with Crippen molar-refractivity contribution in [2.24, 2.45) is 0 Å². The van der Waals surface area contributed by atoms with Crippen molar-refractivity contribution in [3.63, 3.8) is 0 Å². The van der Waals surface area contributed by atoms with E-state index in [2.05, 4.69) is 9.88 Å². The van der Waals surface area contributed by atoms with Crippen molar-refractivity contribution in [2.75, 3.05) is 13.1 Å². The highest BCUT2D eigenvalue weighted by molar-refractivity contribution is 5.88. The van der Waals surface area contributed by atoms with Gasteiger partial charge >= 0.3 is 0 Å². The van der Waals surface area contributed by atoms with Crippen LogP contribution in [0.4, 0.5) is 0 Å². The number of likely N-dealkylation sites (tertiary alicyclic amines) is 1. The second-order valence-corrected chi connectivity index (χ2v) is 6.61. The molecule has 1 atom stereocenters. The maximum atomic E-state index is 10.3. The Morgan fingerprint density at radius 2 is 2.19 bits per heavy atom. The fraction of sp³-hybridized carbons (Fsp3) is 0.529. The highest BCUT2D eigenvalue weighted by Gasteiger charge is 2.35. The molecular weight excluding hydrogens is 264 g/mol. The SMILES string of the molecule is CC(C)(O)[C@@H]1CCCN1CCc1c[nH]c2cccc(O)c12. The summed E-state index contributed by atoms with van der Waals surface area (Å²) in [7, 11) is 0. The highest BCUT2D eigenvalue weighted by Crippen LogP contribution is 2.30. The van der Waals surface area contributed by atoms with E-state index in [0.29, 0.717) is 5.75 Å². The van der Waals surface area contributed by atoms with Gasteiger partial charge in [0.15, 0.2) is 0 Å². The molecular formula is C17H24N2O2. The van der Waals surface area contributed by atoms with Crippen molar-refractivity contribution in [3.05, 3.63) is 30.0 Å². The molecule has 0 unspecified atom stereocenters. The molecule has 1 aromatic heterocycles. The van der Waals surface area contributed by atoms with Gasteiger partial charge in [-0.05, 0) is 57.4 Å². The van der Waals surface area contributed by atoms with Gasteiger partial charge in [-0.25, -0.2) is 0 Å². The molecule has 1 aliphatic rings. The van der Waals surface area contributed by atoms with Crippen molar-refractivity contribution >= 4 is 10.9 Å². The lowest BCUT2D eigenvalue weighted by atomic mass is 9.96. The predicted molar refractivity (Wildman–Crippen MR) is 84.6 cm³/mol. The van der Waals surface area contributed by atoms with Gasteiger partial charge in [-0.2, -0.15) is 0 Å². The molecule has 2 aromatic rings. The second kappa shape index (κ2) is 5.35. The number of aromatic hydroxyl groups is 1. The summed E-state index contributed by atoms with van der Waals surface area (Å²) in [6.45, 7) is 5.75. The number of nitrogens with one attached hydrogen (secondary N) is 1. The molecule has 21 heavy (non-hydrogen) atoms. The Labute approximate surface area is 125 Å². The third-order valence-corrected chi connectivity index (χ3v) is 4.61. The zero-order valence-corrected chi connectivity index (χ0v) is 12.8. The van der Waals surface area contributed by atoms with Gasteiger partial charge in [0.05, 0.1) is 5.60 Å². The lowest BCUT2D eigenvalue weighted by Gasteiger charge is -2.33. The van der Waals surface area contributed by atoms with Crippen LogP contribution in [0.15, 0.2) is 24.4 Å². The number of hydrogen-bond donors (Lipinski definition) is 3. The average molecular weight is 288 g/mol. The first-order valence-corrected chi connectivity index (χ1v) is 7.71. The predicted octanol–water partition coefficient (Wildman–Crippen LogP) is 2.65. The standard InChI is InChI=1S/C17H24N2O2/c1-17(2,21)15-7-4-9-19(15)10-8-12-11-18-13-5-3-6-14(20)16(12)13/h3,5-6,11,15,18,20-21H,4,7-10H2,1-2H3/t15-/m0/s1. The van der Waals surface area contributed by atoms with Crippen LogP contribution in [0.5, 0.6) is 5.75 Å². The molecule has 1 aliphatic heterocycles. The first kappa shape index (κ1) is 14.4. The highest BCUT2D eigenvalue weighted by atomic mass is 16.3. The normalized spacial score (nSPS) is 20.4. The Bertz CT molecular complexity index is 627. The Balaban J connectivity index is 1.75. The molecule has 0 spiro atoms. The van der Waals surface area contributed by atoms with E-state index in [0.717, 1.165) is 48.8 Å². The number of rotatable bonds is 4. The summed E-state index contributed by atoms with van der Waals surface area (Å²) < 4.78 is 0. The summed E-state index contributed by atoms with van der Waals surface area (Å²) in [5.74, 6) is 0.337. The van der Waals surface area contributed by atoms with E-state index in [4.69, 9.17) is 0 Å². The summed E-state index contributed by atoms with van der Waals surface area (Å²) in [5.41, 5.74) is 1.47. The Morgan fingerprint density at radius 1 is 1.38 bits per heavy atom. The van der Waals surface area contributed by atoms with Crippen molar-refractivity contribution in [1.29, 1.82) is 0 Å². The zero-order valence-electron chi connectivity index (χ0n) is 12.8. The topological polar surface area (TPSA) is 59.5 Å². The number of nitrogens with zero attached hydrogens (tertiary/aromatic N) is 1. The number of aromatic nitrogens is 1. The van der Waals surface area contributed by atoms with Crippen LogP contribution in [-0.4, -0.2) is 44.8 Å². The van der Waals surface area contributed by atoms with Crippen LogP contribution in [0.3, 0.4) is 0 Å². The number of aromatic amines is 1. The average Bonchev–Trinajstić information content (AvgIpc) is 3.02. The molecule has 1 saturated heterocycles. The van der Waals surface area contributed by atoms with Crippen LogP contribution in [0.1, 0.15) is 32.3 Å². The molecule has 3 rings (SSSR count). The maximum absolute atomic E-state index is 10.3. The smallest absolute Gasteiger partial charge is 0.125 e. The van der Waals surface area contributed by atoms with Gasteiger partial charge in [0.1, 0.15) is 5.75 Å². The van der Waals surface area contributed by atoms with E-state index in [1.807, 2.05) is 32.2 Å². The van der Waals surface area contributed by atoms with Crippen LogP contribution < -0.4 is 0 Å². The minimum atomic E-state index is -0.654. The third kappa shape index (κ3) is 2.78. The molecule has 0 aliphatic carbocycles. The molecule has 2 heterocycles. The van der Waals surface area contributed by atoms with Crippen LogP contribution in [0.2, 0.25) is 0 Å². The monoisotopic (exact) mass is 288 g/mol. The van der Waals surface area contributed by atoms with Gasteiger partial charge in [0.2, 0.25) is 0 Å². The Hall–Kier alpha value is -1.52. The number of hydrogen-bond acceptors (Lipinski definition) is 3. The van der Waals surface area contributed by atoms with E-state index in [1.54, 1.807) is 6.07 Å². The minimum Gasteiger partial charge on any atom is -0.507 e. The number of phenolic OH excluding ortho intramolecular Hbond substituents is 1. The first-order valence-electron chi connectivity index (χ1n) is 7.71. The number of benzene rings is 1. The molecule has 4 nitrogen and oxygen atoms in total. The fourth-order valence-corrected chi connectivity index (χ4v) is 3.59. The lowest BCUT2D eigenvalue weighted by Crippen LogP contribution is -2.46. The summed E-state index contributed by atoms with van der Waals surface area (Å²) in [4.78, 5) is 5.59. The molecule has 0 radical (unpaired) electrons. The number of fused-ring (bicyclic) bond motifs is 1. The molecule has 0 bridgehead atoms. The van der Waals surface area contributed by atoms with Crippen LogP contribution in [-0.2, 0) is 6.42 Å². The van der Waals surface area contributed by atoms with E-state index >= 15 is 0 Å². The van der Waals surface area contributed by atoms with Gasteiger partial charge in [0.25, 0.3) is 0 Å².